The second kappa shape index (κ2) is 4.85. The number of amides is 2. The van der Waals surface area contributed by atoms with E-state index in [0.29, 0.717) is 12.5 Å². The number of nitrogens with one attached hydrogen (secondary N) is 1. The standard InChI is InChI=1S/C12H20N2O2/c1-2-14-10(15)8-13-12(16)11(14)9-6-4-3-5-7-9/h9,11H,2-8H2,1H3,(H,13,16). The lowest BCUT2D eigenvalue weighted by atomic mass is 9.82. The Hall–Kier alpha value is -1.06. The molecule has 1 heterocycles. The van der Waals surface area contributed by atoms with Gasteiger partial charge in [0.2, 0.25) is 11.8 Å². The molecule has 2 rings (SSSR count). The largest absolute Gasteiger partial charge is 0.345 e. The molecular weight excluding hydrogens is 204 g/mol. The van der Waals surface area contributed by atoms with Gasteiger partial charge in [-0.3, -0.25) is 9.59 Å². The van der Waals surface area contributed by atoms with Crippen molar-refractivity contribution < 1.29 is 9.59 Å². The molecular formula is C12H20N2O2. The summed E-state index contributed by atoms with van der Waals surface area (Å²) in [4.78, 5) is 25.4. The van der Waals surface area contributed by atoms with Gasteiger partial charge < -0.3 is 10.2 Å². The van der Waals surface area contributed by atoms with Crippen LogP contribution in [0.4, 0.5) is 0 Å². The minimum atomic E-state index is -0.202. The molecule has 2 fully saturated rings. The average molecular weight is 224 g/mol. The summed E-state index contributed by atoms with van der Waals surface area (Å²) < 4.78 is 0. The van der Waals surface area contributed by atoms with Crippen molar-refractivity contribution in [3.05, 3.63) is 0 Å². The Labute approximate surface area is 96.4 Å². The monoisotopic (exact) mass is 224 g/mol. The quantitative estimate of drug-likeness (QED) is 0.758. The summed E-state index contributed by atoms with van der Waals surface area (Å²) in [7, 11) is 0. The van der Waals surface area contributed by atoms with E-state index in [0.717, 1.165) is 12.8 Å². The molecule has 0 aromatic heterocycles. The fourth-order valence-electron chi connectivity index (χ4n) is 2.96. The molecule has 4 heteroatoms. The molecule has 90 valence electrons. The maximum Gasteiger partial charge on any atom is 0.243 e. The van der Waals surface area contributed by atoms with Gasteiger partial charge in [0.15, 0.2) is 0 Å². The number of nitrogens with zero attached hydrogens (tertiary/aromatic N) is 1. The molecule has 2 amide bonds. The SMILES string of the molecule is CCN1C(=O)CNC(=O)C1C1CCCCC1. The van der Waals surface area contributed by atoms with Crippen LogP contribution in [0.5, 0.6) is 0 Å². The molecule has 1 aliphatic carbocycles. The van der Waals surface area contributed by atoms with Crippen molar-refractivity contribution in [3.8, 4) is 0 Å². The molecule has 1 N–H and O–H groups in total. The Bertz CT molecular complexity index is 285. The van der Waals surface area contributed by atoms with E-state index in [4.69, 9.17) is 0 Å². The van der Waals surface area contributed by atoms with Crippen LogP contribution in [0.1, 0.15) is 39.0 Å². The van der Waals surface area contributed by atoms with Crippen LogP contribution in [0.25, 0.3) is 0 Å². The van der Waals surface area contributed by atoms with Crippen molar-refractivity contribution in [1.29, 1.82) is 0 Å². The zero-order valence-corrected chi connectivity index (χ0v) is 9.87. The van der Waals surface area contributed by atoms with Gasteiger partial charge in [0.1, 0.15) is 6.04 Å². The van der Waals surface area contributed by atoms with Gasteiger partial charge in [0, 0.05) is 6.54 Å². The highest BCUT2D eigenvalue weighted by Crippen LogP contribution is 2.30. The van der Waals surface area contributed by atoms with E-state index in [2.05, 4.69) is 5.32 Å². The number of hydrogen-bond acceptors (Lipinski definition) is 2. The predicted octanol–water partition coefficient (Wildman–Crippen LogP) is 0.914. The van der Waals surface area contributed by atoms with Crippen molar-refractivity contribution in [3.63, 3.8) is 0 Å². The molecule has 1 saturated heterocycles. The summed E-state index contributed by atoms with van der Waals surface area (Å²) in [5.74, 6) is 0.490. The van der Waals surface area contributed by atoms with Crippen molar-refractivity contribution in [2.75, 3.05) is 13.1 Å². The third-order valence-electron chi connectivity index (χ3n) is 3.78. The van der Waals surface area contributed by atoms with Crippen molar-refractivity contribution in [2.45, 2.75) is 45.1 Å². The number of hydrogen-bond donors (Lipinski definition) is 1. The highest BCUT2D eigenvalue weighted by molar-refractivity contribution is 5.95. The van der Waals surface area contributed by atoms with Crippen LogP contribution < -0.4 is 5.32 Å². The molecule has 1 aliphatic heterocycles. The van der Waals surface area contributed by atoms with E-state index in [1.54, 1.807) is 4.90 Å². The van der Waals surface area contributed by atoms with E-state index in [1.807, 2.05) is 6.92 Å². The first-order valence-corrected chi connectivity index (χ1v) is 6.31. The van der Waals surface area contributed by atoms with Crippen LogP contribution in [-0.4, -0.2) is 35.8 Å². The summed E-state index contributed by atoms with van der Waals surface area (Å²) in [5, 5.41) is 2.71. The van der Waals surface area contributed by atoms with Gasteiger partial charge in [-0.2, -0.15) is 0 Å². The highest BCUT2D eigenvalue weighted by Gasteiger charge is 2.39. The second-order valence-corrected chi connectivity index (χ2v) is 4.74. The van der Waals surface area contributed by atoms with Gasteiger partial charge in [0.25, 0.3) is 0 Å². The summed E-state index contributed by atoms with van der Waals surface area (Å²) in [6.07, 6.45) is 5.83. The first kappa shape index (κ1) is 11.4. The molecule has 1 unspecified atom stereocenters. The number of carbonyl (C=O) groups is 2. The van der Waals surface area contributed by atoms with Gasteiger partial charge in [-0.05, 0) is 25.7 Å². The van der Waals surface area contributed by atoms with E-state index in [-0.39, 0.29) is 24.4 Å². The van der Waals surface area contributed by atoms with E-state index in [9.17, 15) is 9.59 Å². The van der Waals surface area contributed by atoms with Crippen LogP contribution in [0.2, 0.25) is 0 Å². The number of rotatable bonds is 2. The first-order chi connectivity index (χ1) is 7.74. The minimum Gasteiger partial charge on any atom is -0.345 e. The van der Waals surface area contributed by atoms with Gasteiger partial charge in [-0.15, -0.1) is 0 Å². The Morgan fingerprint density at radius 1 is 1.25 bits per heavy atom. The summed E-state index contributed by atoms with van der Waals surface area (Å²) >= 11 is 0. The lowest BCUT2D eigenvalue weighted by Crippen LogP contribution is -2.61. The van der Waals surface area contributed by atoms with E-state index < -0.39 is 0 Å². The number of carbonyl (C=O) groups excluding carboxylic acids is 2. The first-order valence-electron chi connectivity index (χ1n) is 6.31. The van der Waals surface area contributed by atoms with Crippen LogP contribution in [0, 0.1) is 5.92 Å². The summed E-state index contributed by atoms with van der Waals surface area (Å²) in [5.41, 5.74) is 0. The number of piperazine rings is 1. The predicted molar refractivity (Wildman–Crippen MR) is 60.8 cm³/mol. The normalized spacial score (nSPS) is 28.1. The third kappa shape index (κ3) is 2.06. The minimum absolute atomic E-state index is 0.0494. The van der Waals surface area contributed by atoms with Crippen LogP contribution in [0.15, 0.2) is 0 Å². The van der Waals surface area contributed by atoms with Crippen molar-refractivity contribution >= 4 is 11.8 Å². The summed E-state index contributed by atoms with van der Waals surface area (Å²) in [6, 6.07) is -0.202. The van der Waals surface area contributed by atoms with Gasteiger partial charge in [-0.25, -0.2) is 0 Å². The summed E-state index contributed by atoms with van der Waals surface area (Å²) in [6.45, 7) is 2.77. The fourth-order valence-corrected chi connectivity index (χ4v) is 2.96. The smallest absolute Gasteiger partial charge is 0.243 e. The highest BCUT2D eigenvalue weighted by atomic mass is 16.2. The van der Waals surface area contributed by atoms with Gasteiger partial charge in [-0.1, -0.05) is 19.3 Å². The maximum atomic E-state index is 11.9. The van der Waals surface area contributed by atoms with Crippen LogP contribution >= 0.6 is 0 Å². The lowest BCUT2D eigenvalue weighted by molar-refractivity contribution is -0.148. The molecule has 1 atom stereocenters. The number of likely N-dealkylation sites (N-methyl/N-ethyl adjacent to an activating group) is 1. The van der Waals surface area contributed by atoms with E-state index >= 15 is 0 Å². The zero-order valence-electron chi connectivity index (χ0n) is 9.87. The molecule has 0 spiro atoms. The second-order valence-electron chi connectivity index (χ2n) is 4.74. The van der Waals surface area contributed by atoms with Crippen molar-refractivity contribution in [2.24, 2.45) is 5.92 Å². The van der Waals surface area contributed by atoms with Crippen LogP contribution in [0.3, 0.4) is 0 Å². The third-order valence-corrected chi connectivity index (χ3v) is 3.78. The molecule has 4 nitrogen and oxygen atoms in total. The average Bonchev–Trinajstić information content (AvgIpc) is 2.33. The fraction of sp³-hybridized carbons (Fsp3) is 0.833. The molecule has 0 aromatic carbocycles. The molecule has 0 radical (unpaired) electrons. The van der Waals surface area contributed by atoms with Crippen LogP contribution in [-0.2, 0) is 9.59 Å². The maximum absolute atomic E-state index is 11.9. The van der Waals surface area contributed by atoms with Crippen molar-refractivity contribution in [1.82, 2.24) is 10.2 Å². The van der Waals surface area contributed by atoms with E-state index in [1.165, 1.54) is 19.3 Å². The Kier molecular flexibility index (Phi) is 3.46. The lowest BCUT2D eigenvalue weighted by Gasteiger charge is -2.40. The molecule has 16 heavy (non-hydrogen) atoms. The molecule has 2 aliphatic rings. The molecule has 1 saturated carbocycles. The Morgan fingerprint density at radius 3 is 2.56 bits per heavy atom. The Balaban J connectivity index is 2.13. The molecule has 0 bridgehead atoms. The zero-order chi connectivity index (χ0) is 11.5. The Morgan fingerprint density at radius 2 is 1.94 bits per heavy atom. The van der Waals surface area contributed by atoms with Gasteiger partial charge in [0.05, 0.1) is 6.54 Å². The molecule has 0 aromatic rings. The topological polar surface area (TPSA) is 49.4 Å². The van der Waals surface area contributed by atoms with Gasteiger partial charge >= 0.3 is 0 Å².